The number of ether oxygens (including phenoxy) is 1. The van der Waals surface area contributed by atoms with Crippen LogP contribution < -0.4 is 10.5 Å². The van der Waals surface area contributed by atoms with Crippen LogP contribution in [0.25, 0.3) is 0 Å². The van der Waals surface area contributed by atoms with Gasteiger partial charge in [-0.15, -0.1) is 0 Å². The lowest BCUT2D eigenvalue weighted by Gasteiger charge is -2.09. The zero-order valence-electron chi connectivity index (χ0n) is 9.90. The van der Waals surface area contributed by atoms with Gasteiger partial charge in [-0.1, -0.05) is 18.2 Å². The fourth-order valence-corrected chi connectivity index (χ4v) is 2.08. The van der Waals surface area contributed by atoms with Crippen LogP contribution in [0.4, 0.5) is 4.39 Å². The lowest BCUT2D eigenvalue weighted by Crippen LogP contribution is -2.11. The van der Waals surface area contributed by atoms with E-state index in [9.17, 15) is 9.18 Å². The number of nitrogens with two attached hydrogens (primary N) is 1. The molecule has 0 spiro atoms. The third-order valence-electron chi connectivity index (χ3n) is 2.56. The maximum absolute atomic E-state index is 13.7. The van der Waals surface area contributed by atoms with E-state index in [0.29, 0.717) is 11.3 Å². The molecule has 19 heavy (non-hydrogen) atoms. The zero-order valence-corrected chi connectivity index (χ0v) is 12.1. The molecular weight excluding hydrogens is 360 g/mol. The van der Waals surface area contributed by atoms with Crippen molar-refractivity contribution < 1.29 is 13.9 Å². The molecule has 0 heterocycles. The van der Waals surface area contributed by atoms with E-state index in [1.807, 2.05) is 24.3 Å². The highest BCUT2D eigenvalue weighted by Crippen LogP contribution is 2.21. The summed E-state index contributed by atoms with van der Waals surface area (Å²) in [6.07, 6.45) is 0. The largest absolute Gasteiger partial charge is 0.488 e. The zero-order chi connectivity index (χ0) is 13.8. The number of para-hydroxylation sites is 1. The Labute approximate surface area is 123 Å². The monoisotopic (exact) mass is 371 g/mol. The van der Waals surface area contributed by atoms with Gasteiger partial charge < -0.3 is 10.5 Å². The van der Waals surface area contributed by atoms with Crippen molar-refractivity contribution in [2.24, 2.45) is 5.73 Å². The van der Waals surface area contributed by atoms with Crippen molar-refractivity contribution >= 4 is 28.5 Å². The van der Waals surface area contributed by atoms with Crippen molar-refractivity contribution in [1.29, 1.82) is 0 Å². The van der Waals surface area contributed by atoms with Crippen LogP contribution in [0.5, 0.6) is 5.75 Å². The second-order valence-corrected chi connectivity index (χ2v) is 5.05. The van der Waals surface area contributed by atoms with Gasteiger partial charge >= 0.3 is 0 Å². The lowest BCUT2D eigenvalue weighted by molar-refractivity contribution is 0.0999. The van der Waals surface area contributed by atoms with Crippen LogP contribution in [0.3, 0.4) is 0 Å². The van der Waals surface area contributed by atoms with Gasteiger partial charge in [0.25, 0.3) is 0 Å². The van der Waals surface area contributed by atoms with Crippen LogP contribution in [-0.4, -0.2) is 5.91 Å². The quantitative estimate of drug-likeness (QED) is 0.840. The van der Waals surface area contributed by atoms with Crippen molar-refractivity contribution in [3.63, 3.8) is 0 Å². The Balaban J connectivity index is 2.12. The Morgan fingerprint density at radius 3 is 2.63 bits per heavy atom. The van der Waals surface area contributed by atoms with E-state index in [0.717, 1.165) is 9.64 Å². The summed E-state index contributed by atoms with van der Waals surface area (Å²) in [5.41, 5.74) is 5.61. The van der Waals surface area contributed by atoms with Gasteiger partial charge in [-0.2, -0.15) is 0 Å². The van der Waals surface area contributed by atoms with Gasteiger partial charge in [0.15, 0.2) is 0 Å². The van der Waals surface area contributed by atoms with Gasteiger partial charge in [-0.3, -0.25) is 4.79 Å². The number of primary amides is 1. The molecule has 5 heteroatoms. The molecule has 1 amide bonds. The standard InChI is InChI=1S/C14H11FINO2/c15-11-7-9(14(17)18)5-6-10(11)8-19-13-4-2-1-3-12(13)16/h1-7H,8H2,(H2,17,18). The summed E-state index contributed by atoms with van der Waals surface area (Å²) in [6, 6.07) is 11.6. The molecule has 0 aliphatic heterocycles. The summed E-state index contributed by atoms with van der Waals surface area (Å²) in [7, 11) is 0. The number of hydrogen-bond acceptors (Lipinski definition) is 2. The molecule has 0 atom stereocenters. The van der Waals surface area contributed by atoms with E-state index in [4.69, 9.17) is 10.5 Å². The van der Waals surface area contributed by atoms with E-state index in [1.54, 1.807) is 0 Å². The molecule has 0 aliphatic rings. The molecule has 0 aliphatic carbocycles. The molecular formula is C14H11FINO2. The summed E-state index contributed by atoms with van der Waals surface area (Å²) in [4.78, 5) is 10.9. The number of benzene rings is 2. The van der Waals surface area contributed by atoms with Crippen LogP contribution in [0.2, 0.25) is 0 Å². The molecule has 0 unspecified atom stereocenters. The minimum atomic E-state index is -0.649. The normalized spacial score (nSPS) is 10.2. The average Bonchev–Trinajstić information content (AvgIpc) is 2.39. The Bertz CT molecular complexity index is 616. The van der Waals surface area contributed by atoms with Crippen LogP contribution >= 0.6 is 22.6 Å². The molecule has 2 N–H and O–H groups in total. The summed E-state index contributed by atoms with van der Waals surface area (Å²) < 4.78 is 20.2. The summed E-state index contributed by atoms with van der Waals surface area (Å²) >= 11 is 2.15. The topological polar surface area (TPSA) is 52.3 Å². The SMILES string of the molecule is NC(=O)c1ccc(COc2ccccc2I)c(F)c1. The van der Waals surface area contributed by atoms with Crippen LogP contribution in [0, 0.1) is 9.39 Å². The van der Waals surface area contributed by atoms with Gasteiger partial charge in [0.05, 0.1) is 3.57 Å². The van der Waals surface area contributed by atoms with E-state index < -0.39 is 11.7 Å². The number of carbonyl (C=O) groups excluding carboxylic acids is 1. The van der Waals surface area contributed by atoms with Crippen molar-refractivity contribution in [2.75, 3.05) is 0 Å². The first-order valence-electron chi connectivity index (χ1n) is 5.53. The molecule has 2 aromatic carbocycles. The number of carbonyl (C=O) groups is 1. The van der Waals surface area contributed by atoms with Crippen LogP contribution in [-0.2, 0) is 6.61 Å². The minimum absolute atomic E-state index is 0.102. The Morgan fingerprint density at radius 2 is 2.00 bits per heavy atom. The second kappa shape index (κ2) is 6.01. The lowest BCUT2D eigenvalue weighted by atomic mass is 10.1. The third kappa shape index (κ3) is 3.44. The van der Waals surface area contributed by atoms with Crippen molar-refractivity contribution in [3.05, 3.63) is 63.0 Å². The Morgan fingerprint density at radius 1 is 1.26 bits per heavy atom. The number of amides is 1. The Hall–Kier alpha value is -1.63. The van der Waals surface area contributed by atoms with Gasteiger partial charge in [0.2, 0.25) is 5.91 Å². The van der Waals surface area contributed by atoms with Crippen molar-refractivity contribution in [1.82, 2.24) is 0 Å². The minimum Gasteiger partial charge on any atom is -0.488 e. The fraction of sp³-hybridized carbons (Fsp3) is 0.0714. The number of halogens is 2. The predicted molar refractivity (Wildman–Crippen MR) is 78.4 cm³/mol. The highest BCUT2D eigenvalue weighted by Gasteiger charge is 2.08. The second-order valence-electron chi connectivity index (χ2n) is 3.89. The highest BCUT2D eigenvalue weighted by molar-refractivity contribution is 14.1. The molecule has 0 bridgehead atoms. The predicted octanol–water partition coefficient (Wildman–Crippen LogP) is 3.11. The van der Waals surface area contributed by atoms with E-state index in [1.165, 1.54) is 12.1 Å². The summed E-state index contributed by atoms with van der Waals surface area (Å²) in [5, 5.41) is 0. The molecule has 0 aromatic heterocycles. The number of rotatable bonds is 4. The molecule has 0 saturated carbocycles. The molecule has 0 fully saturated rings. The van der Waals surface area contributed by atoms with Crippen molar-refractivity contribution in [2.45, 2.75) is 6.61 Å². The molecule has 2 rings (SSSR count). The van der Waals surface area contributed by atoms with Gasteiger partial charge in [-0.05, 0) is 46.9 Å². The Kier molecular flexibility index (Phi) is 4.36. The van der Waals surface area contributed by atoms with E-state index >= 15 is 0 Å². The maximum atomic E-state index is 13.7. The summed E-state index contributed by atoms with van der Waals surface area (Å²) in [6.45, 7) is 0.102. The molecule has 2 aromatic rings. The average molecular weight is 371 g/mol. The van der Waals surface area contributed by atoms with Crippen LogP contribution in [0.1, 0.15) is 15.9 Å². The first-order valence-corrected chi connectivity index (χ1v) is 6.61. The molecule has 3 nitrogen and oxygen atoms in total. The molecule has 0 radical (unpaired) electrons. The van der Waals surface area contributed by atoms with Gasteiger partial charge in [0.1, 0.15) is 18.2 Å². The number of hydrogen-bond donors (Lipinski definition) is 1. The highest BCUT2D eigenvalue weighted by atomic mass is 127. The van der Waals surface area contributed by atoms with E-state index in [2.05, 4.69) is 22.6 Å². The molecule has 0 saturated heterocycles. The summed E-state index contributed by atoms with van der Waals surface area (Å²) in [5.74, 6) is -0.451. The smallest absolute Gasteiger partial charge is 0.248 e. The van der Waals surface area contributed by atoms with Crippen molar-refractivity contribution in [3.8, 4) is 5.75 Å². The first kappa shape index (κ1) is 13.8. The third-order valence-corrected chi connectivity index (χ3v) is 3.45. The first-order chi connectivity index (χ1) is 9.08. The maximum Gasteiger partial charge on any atom is 0.248 e. The fourth-order valence-electron chi connectivity index (χ4n) is 1.53. The van der Waals surface area contributed by atoms with Crippen LogP contribution in [0.15, 0.2) is 42.5 Å². The molecule has 98 valence electrons. The van der Waals surface area contributed by atoms with E-state index in [-0.39, 0.29) is 12.2 Å². The van der Waals surface area contributed by atoms with Gasteiger partial charge in [-0.25, -0.2) is 4.39 Å². The van der Waals surface area contributed by atoms with Gasteiger partial charge in [0, 0.05) is 11.1 Å².